The first-order valence-electron chi connectivity index (χ1n) is 6.80. The standard InChI is InChI=1S/C16H19N3O/c1-13(2)16-18-9-10-19(16)11-12-20-15-5-3-14(4-6-15)7-8-17/h3-6,9-10,13H,7,11-12H2,1-2H3. The Morgan fingerprint density at radius 2 is 2.05 bits per heavy atom. The Morgan fingerprint density at radius 3 is 2.70 bits per heavy atom. The van der Waals surface area contributed by atoms with E-state index in [0.717, 1.165) is 23.7 Å². The molecule has 0 spiro atoms. The van der Waals surface area contributed by atoms with E-state index in [1.165, 1.54) is 0 Å². The molecule has 0 radical (unpaired) electrons. The molecule has 0 fully saturated rings. The molecule has 104 valence electrons. The predicted octanol–water partition coefficient (Wildman–Crippen LogP) is 3.15. The Labute approximate surface area is 119 Å². The van der Waals surface area contributed by atoms with Gasteiger partial charge in [0.25, 0.3) is 0 Å². The van der Waals surface area contributed by atoms with Gasteiger partial charge in [0.1, 0.15) is 18.2 Å². The summed E-state index contributed by atoms with van der Waals surface area (Å²) >= 11 is 0. The maximum atomic E-state index is 8.62. The Morgan fingerprint density at radius 1 is 1.30 bits per heavy atom. The summed E-state index contributed by atoms with van der Waals surface area (Å²) in [6.45, 7) is 5.66. The molecule has 0 saturated carbocycles. The van der Waals surface area contributed by atoms with Gasteiger partial charge in [-0.2, -0.15) is 5.26 Å². The third-order valence-corrected chi connectivity index (χ3v) is 3.07. The summed E-state index contributed by atoms with van der Waals surface area (Å²) in [6.07, 6.45) is 4.24. The number of imidazole rings is 1. The van der Waals surface area contributed by atoms with E-state index in [1.54, 1.807) is 0 Å². The lowest BCUT2D eigenvalue weighted by Gasteiger charge is -2.11. The zero-order valence-corrected chi connectivity index (χ0v) is 11.9. The predicted molar refractivity (Wildman–Crippen MR) is 77.6 cm³/mol. The molecule has 0 N–H and O–H groups in total. The first-order valence-corrected chi connectivity index (χ1v) is 6.80. The van der Waals surface area contributed by atoms with E-state index in [9.17, 15) is 0 Å². The van der Waals surface area contributed by atoms with Crippen LogP contribution in [-0.2, 0) is 13.0 Å². The summed E-state index contributed by atoms with van der Waals surface area (Å²) in [6, 6.07) is 9.80. The molecule has 0 amide bonds. The van der Waals surface area contributed by atoms with Crippen LogP contribution < -0.4 is 4.74 Å². The number of aromatic nitrogens is 2. The van der Waals surface area contributed by atoms with Crippen LogP contribution in [0.15, 0.2) is 36.7 Å². The van der Waals surface area contributed by atoms with Crippen LogP contribution in [0, 0.1) is 11.3 Å². The van der Waals surface area contributed by atoms with Gasteiger partial charge in [-0.05, 0) is 17.7 Å². The van der Waals surface area contributed by atoms with Crippen LogP contribution in [0.1, 0.15) is 31.2 Å². The van der Waals surface area contributed by atoms with Gasteiger partial charge >= 0.3 is 0 Å². The second-order valence-electron chi connectivity index (χ2n) is 4.96. The van der Waals surface area contributed by atoms with Gasteiger partial charge in [0.05, 0.1) is 19.0 Å². The monoisotopic (exact) mass is 269 g/mol. The van der Waals surface area contributed by atoms with Crippen molar-refractivity contribution in [2.75, 3.05) is 6.61 Å². The fourth-order valence-electron chi connectivity index (χ4n) is 2.07. The van der Waals surface area contributed by atoms with Gasteiger partial charge in [-0.25, -0.2) is 4.98 Å². The van der Waals surface area contributed by atoms with Crippen molar-refractivity contribution in [3.63, 3.8) is 0 Å². The van der Waals surface area contributed by atoms with Crippen LogP contribution >= 0.6 is 0 Å². The van der Waals surface area contributed by atoms with Gasteiger partial charge in [-0.1, -0.05) is 26.0 Å². The first-order chi connectivity index (χ1) is 9.70. The van der Waals surface area contributed by atoms with E-state index in [0.29, 0.717) is 18.9 Å². The zero-order valence-electron chi connectivity index (χ0n) is 11.9. The van der Waals surface area contributed by atoms with Gasteiger partial charge in [0.15, 0.2) is 0 Å². The molecule has 0 aliphatic rings. The molecule has 4 heteroatoms. The summed E-state index contributed by atoms with van der Waals surface area (Å²) in [4.78, 5) is 4.35. The third kappa shape index (κ3) is 3.61. The van der Waals surface area contributed by atoms with Crippen LogP contribution in [0.3, 0.4) is 0 Å². The quantitative estimate of drug-likeness (QED) is 0.809. The van der Waals surface area contributed by atoms with E-state index in [2.05, 4.69) is 29.5 Å². The maximum absolute atomic E-state index is 8.62. The van der Waals surface area contributed by atoms with E-state index in [4.69, 9.17) is 10.00 Å². The van der Waals surface area contributed by atoms with Crippen LogP contribution in [0.25, 0.3) is 0 Å². The summed E-state index contributed by atoms with van der Waals surface area (Å²) in [5, 5.41) is 8.62. The molecule has 2 rings (SSSR count). The number of hydrogen-bond acceptors (Lipinski definition) is 3. The summed E-state index contributed by atoms with van der Waals surface area (Å²) in [7, 11) is 0. The fourth-order valence-corrected chi connectivity index (χ4v) is 2.07. The van der Waals surface area contributed by atoms with Crippen molar-refractivity contribution in [2.24, 2.45) is 0 Å². The highest BCUT2D eigenvalue weighted by molar-refractivity contribution is 5.28. The lowest BCUT2D eigenvalue weighted by Crippen LogP contribution is -2.11. The van der Waals surface area contributed by atoms with Crippen molar-refractivity contribution >= 4 is 0 Å². The number of ether oxygens (including phenoxy) is 1. The molecule has 0 aliphatic heterocycles. The SMILES string of the molecule is CC(C)c1nccn1CCOc1ccc(CC#N)cc1. The van der Waals surface area contributed by atoms with Crippen LogP contribution in [-0.4, -0.2) is 16.2 Å². The molecule has 0 aliphatic carbocycles. The fraction of sp³-hybridized carbons (Fsp3) is 0.375. The van der Waals surface area contributed by atoms with Crippen LogP contribution in [0.5, 0.6) is 5.75 Å². The molecule has 4 nitrogen and oxygen atoms in total. The second-order valence-corrected chi connectivity index (χ2v) is 4.96. The van der Waals surface area contributed by atoms with Gasteiger partial charge in [0.2, 0.25) is 0 Å². The second kappa shape index (κ2) is 6.76. The summed E-state index contributed by atoms with van der Waals surface area (Å²) < 4.78 is 7.84. The number of benzene rings is 1. The normalized spacial score (nSPS) is 10.5. The highest BCUT2D eigenvalue weighted by Crippen LogP contribution is 2.14. The minimum Gasteiger partial charge on any atom is -0.492 e. The van der Waals surface area contributed by atoms with Gasteiger partial charge in [0, 0.05) is 18.3 Å². The molecule has 0 atom stereocenters. The highest BCUT2D eigenvalue weighted by Gasteiger charge is 2.06. The average Bonchev–Trinajstić information content (AvgIpc) is 2.90. The Hall–Kier alpha value is -2.28. The highest BCUT2D eigenvalue weighted by atomic mass is 16.5. The van der Waals surface area contributed by atoms with Gasteiger partial charge < -0.3 is 9.30 Å². The van der Waals surface area contributed by atoms with Crippen molar-refractivity contribution in [1.29, 1.82) is 5.26 Å². The molecule has 1 heterocycles. The van der Waals surface area contributed by atoms with E-state index >= 15 is 0 Å². The largest absolute Gasteiger partial charge is 0.492 e. The average molecular weight is 269 g/mol. The zero-order chi connectivity index (χ0) is 14.4. The molecular weight excluding hydrogens is 250 g/mol. The summed E-state index contributed by atoms with van der Waals surface area (Å²) in [5.74, 6) is 2.33. The van der Waals surface area contributed by atoms with Crippen molar-refractivity contribution in [3.8, 4) is 11.8 Å². The number of nitrogens with zero attached hydrogens (tertiary/aromatic N) is 3. The van der Waals surface area contributed by atoms with E-state index < -0.39 is 0 Å². The number of nitriles is 1. The van der Waals surface area contributed by atoms with Crippen molar-refractivity contribution in [2.45, 2.75) is 32.7 Å². The van der Waals surface area contributed by atoms with E-state index in [-0.39, 0.29) is 0 Å². The van der Waals surface area contributed by atoms with Crippen molar-refractivity contribution in [1.82, 2.24) is 9.55 Å². The van der Waals surface area contributed by atoms with Crippen molar-refractivity contribution in [3.05, 3.63) is 48.0 Å². The molecule has 1 aromatic heterocycles. The van der Waals surface area contributed by atoms with Crippen LogP contribution in [0.4, 0.5) is 0 Å². The third-order valence-electron chi connectivity index (χ3n) is 3.07. The smallest absolute Gasteiger partial charge is 0.119 e. The summed E-state index contributed by atoms with van der Waals surface area (Å²) in [5.41, 5.74) is 1.01. The molecular formula is C16H19N3O. The molecule has 20 heavy (non-hydrogen) atoms. The lowest BCUT2D eigenvalue weighted by atomic mass is 10.2. The Kier molecular flexibility index (Phi) is 4.78. The molecule has 0 unspecified atom stereocenters. The lowest BCUT2D eigenvalue weighted by molar-refractivity contribution is 0.295. The minimum absolute atomic E-state index is 0.412. The first kappa shape index (κ1) is 14.1. The molecule has 0 bridgehead atoms. The van der Waals surface area contributed by atoms with Gasteiger partial charge in [-0.15, -0.1) is 0 Å². The van der Waals surface area contributed by atoms with Crippen molar-refractivity contribution < 1.29 is 4.74 Å². The molecule has 2 aromatic rings. The topological polar surface area (TPSA) is 50.8 Å². The van der Waals surface area contributed by atoms with E-state index in [1.807, 2.05) is 36.7 Å². The molecule has 0 saturated heterocycles. The Bertz CT molecular complexity index is 579. The maximum Gasteiger partial charge on any atom is 0.119 e. The number of hydrogen-bond donors (Lipinski definition) is 0. The molecule has 1 aromatic carbocycles. The Balaban J connectivity index is 1.86. The number of rotatable bonds is 6. The van der Waals surface area contributed by atoms with Gasteiger partial charge in [-0.3, -0.25) is 0 Å². The minimum atomic E-state index is 0.412. The van der Waals surface area contributed by atoms with Crippen LogP contribution in [0.2, 0.25) is 0 Å².